The lowest BCUT2D eigenvalue weighted by Crippen LogP contribution is -2.49. The van der Waals surface area contributed by atoms with Crippen LogP contribution in [0, 0.1) is 0 Å². The van der Waals surface area contributed by atoms with E-state index in [-0.39, 0.29) is 6.09 Å². The Hall–Kier alpha value is -1.76. The van der Waals surface area contributed by atoms with E-state index >= 15 is 0 Å². The van der Waals surface area contributed by atoms with Crippen LogP contribution < -0.4 is 10.6 Å². The molecule has 1 aliphatic rings. The van der Waals surface area contributed by atoms with Crippen molar-refractivity contribution in [1.82, 2.24) is 15.5 Å². The second-order valence-corrected chi connectivity index (χ2v) is 6.14. The fourth-order valence-corrected chi connectivity index (χ4v) is 3.04. The lowest BCUT2D eigenvalue weighted by atomic mass is 10.1. The Morgan fingerprint density at radius 3 is 2.86 bits per heavy atom. The Bertz CT molecular complexity index is 482. The zero-order chi connectivity index (χ0) is 15.8. The molecule has 6 nitrogen and oxygen atoms in total. The smallest absolute Gasteiger partial charge is 0.409 e. The van der Waals surface area contributed by atoms with Gasteiger partial charge in [-0.2, -0.15) is 0 Å². The molecule has 122 valence electrons. The van der Waals surface area contributed by atoms with Crippen molar-refractivity contribution in [3.8, 4) is 0 Å². The highest BCUT2D eigenvalue weighted by Crippen LogP contribution is 2.12. The summed E-state index contributed by atoms with van der Waals surface area (Å²) in [5.74, 6) is 0.808. The van der Waals surface area contributed by atoms with Gasteiger partial charge in [0.15, 0.2) is 5.96 Å². The van der Waals surface area contributed by atoms with E-state index in [9.17, 15) is 4.79 Å². The molecular formula is C15H24N4O2S. The number of nitrogens with zero attached hydrogens (tertiary/aromatic N) is 2. The van der Waals surface area contributed by atoms with E-state index in [4.69, 9.17) is 4.74 Å². The molecule has 0 atom stereocenters. The number of piperidine rings is 1. The second-order valence-electron chi connectivity index (χ2n) is 5.11. The van der Waals surface area contributed by atoms with Crippen molar-refractivity contribution in [3.63, 3.8) is 0 Å². The molecule has 0 radical (unpaired) electrons. The second kappa shape index (κ2) is 8.63. The van der Waals surface area contributed by atoms with Gasteiger partial charge >= 0.3 is 6.09 Å². The molecule has 0 aromatic carbocycles. The predicted molar refractivity (Wildman–Crippen MR) is 89.3 cm³/mol. The first-order valence-corrected chi connectivity index (χ1v) is 8.52. The number of likely N-dealkylation sites (tertiary alicyclic amines) is 1. The van der Waals surface area contributed by atoms with Crippen molar-refractivity contribution in [2.24, 2.45) is 4.99 Å². The number of ether oxygens (including phenoxy) is 1. The lowest BCUT2D eigenvalue weighted by molar-refractivity contribution is 0.0963. The van der Waals surface area contributed by atoms with Crippen LogP contribution in [-0.4, -0.2) is 49.7 Å². The summed E-state index contributed by atoms with van der Waals surface area (Å²) in [7, 11) is 1.78. The zero-order valence-electron chi connectivity index (χ0n) is 13.2. The van der Waals surface area contributed by atoms with E-state index in [2.05, 4.69) is 27.1 Å². The van der Waals surface area contributed by atoms with E-state index < -0.39 is 0 Å². The average Bonchev–Trinajstić information content (AvgIpc) is 3.05. The van der Waals surface area contributed by atoms with E-state index in [1.165, 1.54) is 4.88 Å². The van der Waals surface area contributed by atoms with Crippen molar-refractivity contribution in [2.75, 3.05) is 26.7 Å². The van der Waals surface area contributed by atoms with Gasteiger partial charge in [-0.3, -0.25) is 4.99 Å². The summed E-state index contributed by atoms with van der Waals surface area (Å²) in [6, 6.07) is 4.48. The molecule has 1 saturated heterocycles. The van der Waals surface area contributed by atoms with E-state index in [1.54, 1.807) is 23.3 Å². The standard InChI is InChI=1S/C15H24N4O2S/c1-3-21-15(20)19-8-6-12(7-9-19)18-14(16-2)17-11-13-5-4-10-22-13/h4-5,10,12H,3,6-9,11H2,1-2H3,(H2,16,17,18). The van der Waals surface area contributed by atoms with Gasteiger partial charge in [0, 0.05) is 31.1 Å². The molecule has 1 fully saturated rings. The van der Waals surface area contributed by atoms with Gasteiger partial charge in [-0.05, 0) is 31.2 Å². The van der Waals surface area contributed by atoms with E-state index in [1.807, 2.05) is 13.0 Å². The summed E-state index contributed by atoms with van der Waals surface area (Å²) >= 11 is 1.73. The number of amides is 1. The molecule has 1 aromatic rings. The van der Waals surface area contributed by atoms with Gasteiger partial charge in [0.2, 0.25) is 0 Å². The number of aliphatic imine (C=N–C) groups is 1. The quantitative estimate of drug-likeness (QED) is 0.657. The van der Waals surface area contributed by atoms with Crippen LogP contribution >= 0.6 is 11.3 Å². The number of thiophene rings is 1. The Kier molecular flexibility index (Phi) is 6.51. The Morgan fingerprint density at radius 2 is 2.27 bits per heavy atom. The maximum absolute atomic E-state index is 11.7. The minimum Gasteiger partial charge on any atom is -0.450 e. The molecule has 0 aliphatic carbocycles. The number of rotatable bonds is 4. The molecule has 22 heavy (non-hydrogen) atoms. The molecular weight excluding hydrogens is 300 g/mol. The zero-order valence-corrected chi connectivity index (χ0v) is 14.0. The van der Waals surface area contributed by atoms with Gasteiger partial charge < -0.3 is 20.3 Å². The number of carbonyl (C=O) groups is 1. The molecule has 0 unspecified atom stereocenters. The van der Waals surface area contributed by atoms with Crippen molar-refractivity contribution in [2.45, 2.75) is 32.4 Å². The van der Waals surface area contributed by atoms with Gasteiger partial charge in [-0.15, -0.1) is 11.3 Å². The van der Waals surface area contributed by atoms with Gasteiger partial charge in [-0.25, -0.2) is 4.79 Å². The number of nitrogens with one attached hydrogen (secondary N) is 2. The topological polar surface area (TPSA) is 66.0 Å². The molecule has 7 heteroatoms. The van der Waals surface area contributed by atoms with E-state index in [0.717, 1.165) is 38.4 Å². The number of hydrogen-bond acceptors (Lipinski definition) is 4. The first kappa shape index (κ1) is 16.6. The van der Waals surface area contributed by atoms with Crippen LogP contribution in [0.5, 0.6) is 0 Å². The molecule has 1 amide bonds. The molecule has 2 rings (SSSR count). The largest absolute Gasteiger partial charge is 0.450 e. The van der Waals surface area contributed by atoms with Crippen LogP contribution in [0.25, 0.3) is 0 Å². The number of guanidine groups is 1. The molecule has 0 saturated carbocycles. The van der Waals surface area contributed by atoms with Crippen LogP contribution in [0.2, 0.25) is 0 Å². The number of hydrogen-bond donors (Lipinski definition) is 2. The third-order valence-electron chi connectivity index (χ3n) is 3.60. The average molecular weight is 324 g/mol. The monoisotopic (exact) mass is 324 g/mol. The summed E-state index contributed by atoms with van der Waals surface area (Å²) in [5.41, 5.74) is 0. The maximum Gasteiger partial charge on any atom is 0.409 e. The van der Waals surface area contributed by atoms with Gasteiger partial charge in [0.1, 0.15) is 0 Å². The highest BCUT2D eigenvalue weighted by molar-refractivity contribution is 7.09. The highest BCUT2D eigenvalue weighted by atomic mass is 32.1. The molecule has 1 aliphatic heterocycles. The summed E-state index contributed by atoms with van der Waals surface area (Å²) in [6.45, 7) is 4.47. The fraction of sp³-hybridized carbons (Fsp3) is 0.600. The highest BCUT2D eigenvalue weighted by Gasteiger charge is 2.23. The van der Waals surface area contributed by atoms with Crippen LogP contribution in [0.15, 0.2) is 22.5 Å². The maximum atomic E-state index is 11.7. The molecule has 2 heterocycles. The SMILES string of the molecule is CCOC(=O)N1CCC(NC(=NC)NCc2cccs2)CC1. The third kappa shape index (κ3) is 4.91. The van der Waals surface area contributed by atoms with Gasteiger partial charge in [0.25, 0.3) is 0 Å². The van der Waals surface area contributed by atoms with Crippen molar-refractivity contribution < 1.29 is 9.53 Å². The summed E-state index contributed by atoms with van der Waals surface area (Å²) in [4.78, 5) is 19.0. The first-order valence-electron chi connectivity index (χ1n) is 7.64. The summed E-state index contributed by atoms with van der Waals surface area (Å²) in [5, 5.41) is 8.81. The van der Waals surface area contributed by atoms with E-state index in [0.29, 0.717) is 12.6 Å². The Labute approximate surface area is 135 Å². The van der Waals surface area contributed by atoms with Crippen molar-refractivity contribution in [3.05, 3.63) is 22.4 Å². The van der Waals surface area contributed by atoms with Crippen LogP contribution in [-0.2, 0) is 11.3 Å². The molecule has 2 N–H and O–H groups in total. The van der Waals surface area contributed by atoms with Gasteiger partial charge in [0.05, 0.1) is 13.2 Å². The summed E-state index contributed by atoms with van der Waals surface area (Å²) in [6.07, 6.45) is 1.60. The number of carbonyl (C=O) groups excluding carboxylic acids is 1. The van der Waals surface area contributed by atoms with Crippen molar-refractivity contribution in [1.29, 1.82) is 0 Å². The van der Waals surface area contributed by atoms with Crippen LogP contribution in [0.1, 0.15) is 24.6 Å². The Balaban J connectivity index is 1.73. The first-order chi connectivity index (χ1) is 10.7. The van der Waals surface area contributed by atoms with Crippen molar-refractivity contribution >= 4 is 23.4 Å². The Morgan fingerprint density at radius 1 is 1.50 bits per heavy atom. The third-order valence-corrected chi connectivity index (χ3v) is 4.47. The summed E-state index contributed by atoms with van der Waals surface area (Å²) < 4.78 is 5.03. The molecule has 1 aromatic heterocycles. The fourth-order valence-electron chi connectivity index (χ4n) is 2.39. The minimum absolute atomic E-state index is 0.207. The molecule has 0 spiro atoms. The van der Waals surface area contributed by atoms with Gasteiger partial charge in [-0.1, -0.05) is 6.07 Å². The minimum atomic E-state index is -0.207. The van der Waals surface area contributed by atoms with Crippen LogP contribution in [0.4, 0.5) is 4.79 Å². The predicted octanol–water partition coefficient (Wildman–Crippen LogP) is 2.03. The normalized spacial score (nSPS) is 16.5. The lowest BCUT2D eigenvalue weighted by Gasteiger charge is -2.32. The van der Waals surface area contributed by atoms with Crippen LogP contribution in [0.3, 0.4) is 0 Å². The molecule has 0 bridgehead atoms.